The Morgan fingerprint density at radius 1 is 1.10 bits per heavy atom. The molecule has 0 aliphatic carbocycles. The molecule has 0 radical (unpaired) electrons. The van der Waals surface area contributed by atoms with Gasteiger partial charge < -0.3 is 25.0 Å². The normalized spacial score (nSPS) is 14.2. The zero-order valence-corrected chi connectivity index (χ0v) is 16.5. The average molecular weight is 395 g/mol. The fourth-order valence-electron chi connectivity index (χ4n) is 3.37. The molecule has 0 spiro atoms. The van der Waals surface area contributed by atoms with Gasteiger partial charge in [-0.25, -0.2) is 15.0 Å². The molecule has 29 heavy (non-hydrogen) atoms. The fraction of sp³-hybridized carbons (Fsp3) is 0.400. The van der Waals surface area contributed by atoms with Crippen LogP contribution in [0.15, 0.2) is 36.7 Å². The predicted octanol–water partition coefficient (Wildman–Crippen LogP) is 1.30. The number of hydrogen-bond donors (Lipinski definition) is 2. The van der Waals surface area contributed by atoms with E-state index < -0.39 is 0 Å². The largest absolute Gasteiger partial charge is 0.395 e. The SMILES string of the molecule is CN(Cc1ccccc1)c1ncnc2c(N3CCOCC3)nc(NCCO)nc12. The van der Waals surface area contributed by atoms with Gasteiger partial charge in [0.1, 0.15) is 17.4 Å². The van der Waals surface area contributed by atoms with Gasteiger partial charge in [0, 0.05) is 33.2 Å². The van der Waals surface area contributed by atoms with E-state index in [2.05, 4.69) is 47.2 Å². The minimum atomic E-state index is 0.000339. The van der Waals surface area contributed by atoms with Crippen molar-refractivity contribution in [2.24, 2.45) is 0 Å². The molecule has 0 unspecified atom stereocenters. The fourth-order valence-corrected chi connectivity index (χ4v) is 3.37. The van der Waals surface area contributed by atoms with Crippen LogP contribution in [0, 0.1) is 0 Å². The van der Waals surface area contributed by atoms with Crippen molar-refractivity contribution >= 4 is 28.6 Å². The van der Waals surface area contributed by atoms with Crippen LogP contribution in [0.3, 0.4) is 0 Å². The van der Waals surface area contributed by atoms with E-state index >= 15 is 0 Å². The van der Waals surface area contributed by atoms with E-state index in [0.29, 0.717) is 43.3 Å². The van der Waals surface area contributed by atoms with Crippen LogP contribution in [-0.4, -0.2) is 71.5 Å². The number of nitrogens with one attached hydrogen (secondary N) is 1. The Labute approximate surface area is 169 Å². The number of nitrogens with zero attached hydrogens (tertiary/aromatic N) is 6. The number of aliphatic hydroxyl groups is 1. The Morgan fingerprint density at radius 3 is 2.66 bits per heavy atom. The second kappa shape index (κ2) is 8.97. The Kier molecular flexibility index (Phi) is 5.97. The number of anilines is 3. The first-order valence-electron chi connectivity index (χ1n) is 9.71. The number of hydrogen-bond acceptors (Lipinski definition) is 9. The topological polar surface area (TPSA) is 99.5 Å². The first kappa shape index (κ1) is 19.3. The molecule has 3 heterocycles. The van der Waals surface area contributed by atoms with Crippen molar-refractivity contribution in [1.29, 1.82) is 0 Å². The van der Waals surface area contributed by atoms with Crippen molar-refractivity contribution in [2.45, 2.75) is 6.54 Å². The third-order valence-electron chi connectivity index (χ3n) is 4.77. The summed E-state index contributed by atoms with van der Waals surface area (Å²) in [7, 11) is 1.99. The number of morpholine rings is 1. The lowest BCUT2D eigenvalue weighted by Gasteiger charge is -2.29. The summed E-state index contributed by atoms with van der Waals surface area (Å²) in [5.74, 6) is 1.95. The Hall–Kier alpha value is -3.04. The van der Waals surface area contributed by atoms with Crippen LogP contribution in [0.5, 0.6) is 0 Å². The Bertz CT molecular complexity index is 948. The minimum absolute atomic E-state index is 0.000339. The van der Waals surface area contributed by atoms with Gasteiger partial charge in [0.2, 0.25) is 5.95 Å². The van der Waals surface area contributed by atoms with Gasteiger partial charge in [-0.1, -0.05) is 30.3 Å². The van der Waals surface area contributed by atoms with Gasteiger partial charge in [-0.05, 0) is 5.56 Å². The molecule has 0 atom stereocenters. The maximum absolute atomic E-state index is 9.19. The van der Waals surface area contributed by atoms with Gasteiger partial charge in [-0.2, -0.15) is 4.98 Å². The van der Waals surface area contributed by atoms with Gasteiger partial charge in [0.05, 0.1) is 19.8 Å². The monoisotopic (exact) mass is 395 g/mol. The van der Waals surface area contributed by atoms with Crippen molar-refractivity contribution < 1.29 is 9.84 Å². The molecule has 1 fully saturated rings. The van der Waals surface area contributed by atoms with E-state index in [1.54, 1.807) is 6.33 Å². The van der Waals surface area contributed by atoms with E-state index in [4.69, 9.17) is 4.74 Å². The van der Waals surface area contributed by atoms with Crippen molar-refractivity contribution in [3.63, 3.8) is 0 Å². The highest BCUT2D eigenvalue weighted by molar-refractivity contribution is 5.93. The zero-order valence-electron chi connectivity index (χ0n) is 16.5. The van der Waals surface area contributed by atoms with Gasteiger partial charge in [0.15, 0.2) is 11.6 Å². The summed E-state index contributed by atoms with van der Waals surface area (Å²) in [4.78, 5) is 22.6. The van der Waals surface area contributed by atoms with E-state index in [0.717, 1.165) is 24.7 Å². The highest BCUT2D eigenvalue weighted by atomic mass is 16.5. The minimum Gasteiger partial charge on any atom is -0.395 e. The molecule has 9 heteroatoms. The van der Waals surface area contributed by atoms with Gasteiger partial charge >= 0.3 is 0 Å². The standard InChI is InChI=1S/C20H25N7O2/c1-26(13-15-5-3-2-4-6-15)18-17-16(22-14-23-18)19(27-8-11-29-12-9-27)25-20(24-17)21-7-10-28/h2-6,14,28H,7-13H2,1H3,(H,21,24,25). The number of fused-ring (bicyclic) bond motifs is 1. The zero-order chi connectivity index (χ0) is 20.1. The molecule has 1 aliphatic rings. The smallest absolute Gasteiger partial charge is 0.225 e. The molecule has 2 aromatic heterocycles. The third-order valence-corrected chi connectivity index (χ3v) is 4.77. The number of ether oxygens (including phenoxy) is 1. The van der Waals surface area contributed by atoms with Crippen LogP contribution < -0.4 is 15.1 Å². The van der Waals surface area contributed by atoms with Crippen LogP contribution >= 0.6 is 0 Å². The summed E-state index contributed by atoms with van der Waals surface area (Å²) in [5.41, 5.74) is 2.58. The molecular formula is C20H25N7O2. The summed E-state index contributed by atoms with van der Waals surface area (Å²) in [6, 6.07) is 10.2. The van der Waals surface area contributed by atoms with Gasteiger partial charge in [0.25, 0.3) is 0 Å². The summed E-state index contributed by atoms with van der Waals surface area (Å²) < 4.78 is 5.48. The predicted molar refractivity (Wildman–Crippen MR) is 112 cm³/mol. The van der Waals surface area contributed by atoms with Crippen LogP contribution in [-0.2, 0) is 11.3 Å². The molecular weight excluding hydrogens is 370 g/mol. The molecule has 1 saturated heterocycles. The van der Waals surface area contributed by atoms with Crippen molar-refractivity contribution in [3.05, 3.63) is 42.2 Å². The molecule has 9 nitrogen and oxygen atoms in total. The van der Waals surface area contributed by atoms with Gasteiger partial charge in [-0.15, -0.1) is 0 Å². The van der Waals surface area contributed by atoms with Crippen molar-refractivity contribution in [3.8, 4) is 0 Å². The first-order chi connectivity index (χ1) is 14.3. The molecule has 1 aromatic carbocycles. The maximum atomic E-state index is 9.19. The molecule has 1 aliphatic heterocycles. The lowest BCUT2D eigenvalue weighted by atomic mass is 10.2. The lowest BCUT2D eigenvalue weighted by molar-refractivity contribution is 0.122. The number of aromatic nitrogens is 4. The summed E-state index contributed by atoms with van der Waals surface area (Å²) >= 11 is 0. The second-order valence-corrected chi connectivity index (χ2v) is 6.86. The summed E-state index contributed by atoms with van der Waals surface area (Å²) in [6.07, 6.45) is 1.56. The molecule has 3 aromatic rings. The van der Waals surface area contributed by atoms with E-state index in [-0.39, 0.29) is 6.61 Å². The highest BCUT2D eigenvalue weighted by Crippen LogP contribution is 2.29. The molecule has 152 valence electrons. The third kappa shape index (κ3) is 4.36. The van der Waals surface area contributed by atoms with Crippen LogP contribution in [0.4, 0.5) is 17.6 Å². The van der Waals surface area contributed by atoms with Gasteiger partial charge in [-0.3, -0.25) is 0 Å². The molecule has 0 bridgehead atoms. The highest BCUT2D eigenvalue weighted by Gasteiger charge is 2.21. The van der Waals surface area contributed by atoms with Crippen LogP contribution in [0.25, 0.3) is 11.0 Å². The van der Waals surface area contributed by atoms with Crippen molar-refractivity contribution in [2.75, 3.05) is 61.6 Å². The summed E-state index contributed by atoms with van der Waals surface area (Å²) in [5, 5.41) is 12.3. The first-order valence-corrected chi connectivity index (χ1v) is 9.71. The lowest BCUT2D eigenvalue weighted by Crippen LogP contribution is -2.37. The molecule has 0 saturated carbocycles. The van der Waals surface area contributed by atoms with Crippen molar-refractivity contribution in [1.82, 2.24) is 19.9 Å². The average Bonchev–Trinajstić information content (AvgIpc) is 2.78. The number of aliphatic hydroxyl groups excluding tert-OH is 1. The molecule has 2 N–H and O–H groups in total. The number of benzene rings is 1. The Balaban J connectivity index is 1.76. The van der Waals surface area contributed by atoms with E-state index in [1.807, 2.05) is 25.2 Å². The quantitative estimate of drug-likeness (QED) is 0.613. The van der Waals surface area contributed by atoms with Crippen LogP contribution in [0.2, 0.25) is 0 Å². The summed E-state index contributed by atoms with van der Waals surface area (Å²) in [6.45, 7) is 3.85. The molecule has 0 amide bonds. The molecule has 4 rings (SSSR count). The number of rotatable bonds is 7. The second-order valence-electron chi connectivity index (χ2n) is 6.86. The van der Waals surface area contributed by atoms with Crippen LogP contribution in [0.1, 0.15) is 5.56 Å². The van der Waals surface area contributed by atoms with E-state index in [1.165, 1.54) is 5.56 Å². The maximum Gasteiger partial charge on any atom is 0.225 e. The van der Waals surface area contributed by atoms with E-state index in [9.17, 15) is 5.11 Å². The Morgan fingerprint density at radius 2 is 1.90 bits per heavy atom.